The molecule has 0 radical (unpaired) electrons. The molecular weight excluding hydrogens is 422 g/mol. The smallest absolute Gasteiger partial charge is 0.408 e. The van der Waals surface area contributed by atoms with Crippen LogP contribution in [-0.2, 0) is 14.3 Å². The van der Waals surface area contributed by atoms with Gasteiger partial charge < -0.3 is 25.4 Å². The summed E-state index contributed by atoms with van der Waals surface area (Å²) in [6.45, 7) is 14.9. The SMILES string of the molecule is CCCCNC(=O)C(c1ccc(O)c(C)c1)N(C(=O)CNC(=O)OC(C)(C)C)C(C)(C)CC. The molecule has 8 heteroatoms. The molecule has 0 heterocycles. The number of alkyl carbamates (subject to hydrolysis) is 1. The first kappa shape index (κ1) is 28.3. The van der Waals surface area contributed by atoms with E-state index in [0.29, 0.717) is 24.1 Å². The standard InChI is InChI=1S/C25H41N3O5/c1-9-11-14-26-22(31)21(18-12-13-19(29)17(3)15-18)28(25(7,8)10-2)20(30)16-27-23(32)33-24(4,5)6/h12-13,15,21,29H,9-11,14,16H2,1-8H3,(H,26,31)(H,27,32). The average molecular weight is 464 g/mol. The summed E-state index contributed by atoms with van der Waals surface area (Å²) in [5.74, 6) is -0.599. The maximum atomic E-state index is 13.4. The highest BCUT2D eigenvalue weighted by Crippen LogP contribution is 2.33. The lowest BCUT2D eigenvalue weighted by atomic mass is 9.92. The number of unbranched alkanes of at least 4 members (excludes halogenated alkanes) is 1. The highest BCUT2D eigenvalue weighted by Gasteiger charge is 2.40. The minimum atomic E-state index is -0.927. The van der Waals surface area contributed by atoms with Gasteiger partial charge >= 0.3 is 6.09 Å². The summed E-state index contributed by atoms with van der Waals surface area (Å²) in [6, 6.07) is 3.97. The van der Waals surface area contributed by atoms with Crippen molar-refractivity contribution in [3.63, 3.8) is 0 Å². The van der Waals surface area contributed by atoms with E-state index in [4.69, 9.17) is 4.74 Å². The molecule has 1 aromatic carbocycles. The van der Waals surface area contributed by atoms with E-state index in [9.17, 15) is 19.5 Å². The van der Waals surface area contributed by atoms with Gasteiger partial charge in [-0.1, -0.05) is 26.3 Å². The van der Waals surface area contributed by atoms with Crippen LogP contribution >= 0.6 is 0 Å². The number of aromatic hydroxyl groups is 1. The number of nitrogens with zero attached hydrogens (tertiary/aromatic N) is 1. The first-order valence-electron chi connectivity index (χ1n) is 11.6. The zero-order valence-electron chi connectivity index (χ0n) is 21.4. The summed E-state index contributed by atoms with van der Waals surface area (Å²) < 4.78 is 5.24. The van der Waals surface area contributed by atoms with Gasteiger partial charge in [-0.15, -0.1) is 0 Å². The molecule has 0 aliphatic carbocycles. The Morgan fingerprint density at radius 2 is 1.73 bits per heavy atom. The van der Waals surface area contributed by atoms with Gasteiger partial charge in [0.25, 0.3) is 0 Å². The van der Waals surface area contributed by atoms with Crippen molar-refractivity contribution in [1.29, 1.82) is 0 Å². The molecule has 0 saturated carbocycles. The third kappa shape index (κ3) is 8.59. The van der Waals surface area contributed by atoms with E-state index in [-0.39, 0.29) is 18.2 Å². The quantitative estimate of drug-likeness (QED) is 0.451. The zero-order chi connectivity index (χ0) is 25.4. The Kier molecular flexibility index (Phi) is 10.2. The Balaban J connectivity index is 3.35. The Morgan fingerprint density at radius 1 is 1.09 bits per heavy atom. The van der Waals surface area contributed by atoms with Crippen LogP contribution < -0.4 is 10.6 Å². The lowest BCUT2D eigenvalue weighted by Gasteiger charge is -2.43. The molecule has 3 amide bonds. The minimum absolute atomic E-state index is 0.114. The summed E-state index contributed by atoms with van der Waals surface area (Å²) in [7, 11) is 0. The summed E-state index contributed by atoms with van der Waals surface area (Å²) in [6.07, 6.45) is 1.63. The number of amides is 3. The number of hydrogen-bond acceptors (Lipinski definition) is 5. The third-order valence-corrected chi connectivity index (χ3v) is 5.44. The number of nitrogens with one attached hydrogen (secondary N) is 2. The van der Waals surface area contributed by atoms with Crippen molar-refractivity contribution in [3.8, 4) is 5.75 Å². The molecule has 0 bridgehead atoms. The van der Waals surface area contributed by atoms with E-state index in [0.717, 1.165) is 12.8 Å². The number of carbonyl (C=O) groups is 3. The molecule has 33 heavy (non-hydrogen) atoms. The van der Waals surface area contributed by atoms with Crippen LogP contribution in [-0.4, -0.2) is 52.1 Å². The number of carbonyl (C=O) groups excluding carboxylic acids is 3. The van der Waals surface area contributed by atoms with Gasteiger partial charge in [0.15, 0.2) is 0 Å². The fourth-order valence-corrected chi connectivity index (χ4v) is 3.30. The molecule has 0 aromatic heterocycles. The van der Waals surface area contributed by atoms with Crippen LogP contribution in [0.1, 0.15) is 84.9 Å². The number of rotatable bonds is 10. The molecule has 8 nitrogen and oxygen atoms in total. The Labute approximate surface area is 198 Å². The van der Waals surface area contributed by atoms with Crippen molar-refractivity contribution in [2.24, 2.45) is 0 Å². The maximum absolute atomic E-state index is 13.4. The lowest BCUT2D eigenvalue weighted by molar-refractivity contribution is -0.146. The Hall–Kier alpha value is -2.77. The second-order valence-corrected chi connectivity index (χ2v) is 9.88. The van der Waals surface area contributed by atoms with E-state index in [2.05, 4.69) is 10.6 Å². The molecule has 1 unspecified atom stereocenters. The fourth-order valence-electron chi connectivity index (χ4n) is 3.30. The molecule has 1 aromatic rings. The van der Waals surface area contributed by atoms with Gasteiger partial charge in [-0.25, -0.2) is 4.79 Å². The molecule has 3 N–H and O–H groups in total. The second-order valence-electron chi connectivity index (χ2n) is 9.88. The van der Waals surface area contributed by atoms with Gasteiger partial charge in [0.1, 0.15) is 23.9 Å². The molecule has 0 saturated heterocycles. The van der Waals surface area contributed by atoms with E-state index in [1.54, 1.807) is 39.8 Å². The molecule has 0 fully saturated rings. The first-order chi connectivity index (χ1) is 15.2. The van der Waals surface area contributed by atoms with Crippen LogP contribution in [0, 0.1) is 6.92 Å². The van der Waals surface area contributed by atoms with E-state index in [1.165, 1.54) is 11.0 Å². The monoisotopic (exact) mass is 463 g/mol. The number of ether oxygens (including phenoxy) is 1. The van der Waals surface area contributed by atoms with E-state index >= 15 is 0 Å². The molecule has 0 aliphatic rings. The second kappa shape index (κ2) is 11.9. The van der Waals surface area contributed by atoms with Crippen LogP contribution in [0.15, 0.2) is 18.2 Å². The third-order valence-electron chi connectivity index (χ3n) is 5.44. The van der Waals surface area contributed by atoms with Crippen molar-refractivity contribution < 1.29 is 24.2 Å². The predicted molar refractivity (Wildman–Crippen MR) is 129 cm³/mol. The molecule has 0 aliphatic heterocycles. The highest BCUT2D eigenvalue weighted by atomic mass is 16.6. The van der Waals surface area contributed by atoms with Crippen LogP contribution in [0.25, 0.3) is 0 Å². The number of benzene rings is 1. The Bertz CT molecular complexity index is 830. The summed E-state index contributed by atoms with van der Waals surface area (Å²) >= 11 is 0. The molecule has 1 atom stereocenters. The maximum Gasteiger partial charge on any atom is 0.408 e. The van der Waals surface area contributed by atoms with Crippen molar-refractivity contribution in [1.82, 2.24) is 15.5 Å². The fraction of sp³-hybridized carbons (Fsp3) is 0.640. The molecule has 1 rings (SSSR count). The van der Waals surface area contributed by atoms with Crippen LogP contribution in [0.5, 0.6) is 5.75 Å². The molecular formula is C25H41N3O5. The minimum Gasteiger partial charge on any atom is -0.508 e. The number of phenolic OH excluding ortho intramolecular Hbond substituents is 1. The van der Waals surface area contributed by atoms with Crippen molar-refractivity contribution >= 4 is 17.9 Å². The highest BCUT2D eigenvalue weighted by molar-refractivity contribution is 5.91. The van der Waals surface area contributed by atoms with Gasteiger partial charge in [-0.2, -0.15) is 0 Å². The van der Waals surface area contributed by atoms with E-state index < -0.39 is 29.2 Å². The van der Waals surface area contributed by atoms with Crippen molar-refractivity contribution in [2.75, 3.05) is 13.1 Å². The first-order valence-corrected chi connectivity index (χ1v) is 11.6. The number of phenols is 1. The van der Waals surface area contributed by atoms with Gasteiger partial charge in [0.2, 0.25) is 11.8 Å². The number of hydrogen-bond donors (Lipinski definition) is 3. The Morgan fingerprint density at radius 3 is 2.24 bits per heavy atom. The molecule has 0 spiro atoms. The van der Waals surface area contributed by atoms with Crippen molar-refractivity contribution in [3.05, 3.63) is 29.3 Å². The molecule has 186 valence electrons. The normalized spacial score (nSPS) is 12.6. The number of aryl methyl sites for hydroxylation is 1. The lowest BCUT2D eigenvalue weighted by Crippen LogP contribution is -2.56. The van der Waals surface area contributed by atoms with Gasteiger partial charge in [-0.3, -0.25) is 9.59 Å². The summed E-state index contributed by atoms with van der Waals surface area (Å²) in [5.41, 5.74) is -0.190. The van der Waals surface area contributed by atoms with Crippen LogP contribution in [0.2, 0.25) is 0 Å². The van der Waals surface area contributed by atoms with E-state index in [1.807, 2.05) is 27.7 Å². The van der Waals surface area contributed by atoms with Crippen molar-refractivity contribution in [2.45, 2.75) is 91.8 Å². The van der Waals surface area contributed by atoms with Crippen LogP contribution in [0.3, 0.4) is 0 Å². The summed E-state index contributed by atoms with van der Waals surface area (Å²) in [5, 5.41) is 15.4. The summed E-state index contributed by atoms with van der Waals surface area (Å²) in [4.78, 5) is 40.5. The predicted octanol–water partition coefficient (Wildman–Crippen LogP) is 4.20. The zero-order valence-corrected chi connectivity index (χ0v) is 21.4. The topological polar surface area (TPSA) is 108 Å². The largest absolute Gasteiger partial charge is 0.508 e. The van der Waals surface area contributed by atoms with Gasteiger partial charge in [-0.05, 0) is 77.6 Å². The van der Waals surface area contributed by atoms with Crippen LogP contribution in [0.4, 0.5) is 4.79 Å². The average Bonchev–Trinajstić information content (AvgIpc) is 2.71. The van der Waals surface area contributed by atoms with Gasteiger partial charge in [0.05, 0.1) is 0 Å². The van der Waals surface area contributed by atoms with Gasteiger partial charge in [0, 0.05) is 12.1 Å².